The molecule has 3 aromatic carbocycles. The third-order valence-corrected chi connectivity index (χ3v) is 4.26. The fourth-order valence-electron chi connectivity index (χ4n) is 3.08. The highest BCUT2D eigenvalue weighted by Gasteiger charge is 2.18. The lowest BCUT2D eigenvalue weighted by molar-refractivity contribution is 0.592. The molecule has 0 amide bonds. The summed E-state index contributed by atoms with van der Waals surface area (Å²) in [5.74, 6) is 0. The van der Waals surface area contributed by atoms with Gasteiger partial charge in [-0.25, -0.2) is 0 Å². The molecule has 23 heavy (non-hydrogen) atoms. The molecular weight excluding hydrogens is 276 g/mol. The molecule has 0 heterocycles. The molecule has 0 aliphatic rings. The van der Waals surface area contributed by atoms with E-state index < -0.39 is 0 Å². The number of benzene rings is 3. The van der Waals surface area contributed by atoms with Crippen molar-refractivity contribution in [2.75, 3.05) is 0 Å². The van der Waals surface area contributed by atoms with Crippen molar-refractivity contribution in [3.05, 3.63) is 83.9 Å². The van der Waals surface area contributed by atoms with E-state index in [1.807, 2.05) is 0 Å². The summed E-state index contributed by atoms with van der Waals surface area (Å²) in [6, 6.07) is 26.3. The summed E-state index contributed by atoms with van der Waals surface area (Å²) in [5, 5.41) is 0. The molecule has 0 saturated carbocycles. The summed E-state index contributed by atoms with van der Waals surface area (Å²) in [5.41, 5.74) is 7.99. The summed E-state index contributed by atoms with van der Waals surface area (Å²) in [6.07, 6.45) is 0. The third-order valence-electron chi connectivity index (χ3n) is 4.26. The molecule has 0 heteroatoms. The predicted molar refractivity (Wildman–Crippen MR) is 101 cm³/mol. The predicted octanol–water partition coefficient (Wildman–Crippen LogP) is 6.63. The molecule has 116 valence electrons. The zero-order valence-electron chi connectivity index (χ0n) is 14.4. The second-order valence-corrected chi connectivity index (χ2v) is 7.25. The van der Waals surface area contributed by atoms with E-state index in [0.717, 1.165) is 0 Å². The molecule has 0 aliphatic carbocycles. The van der Waals surface area contributed by atoms with Crippen LogP contribution in [0, 0.1) is 6.92 Å². The van der Waals surface area contributed by atoms with Gasteiger partial charge in [0, 0.05) is 0 Å². The van der Waals surface area contributed by atoms with E-state index in [0.29, 0.717) is 0 Å². The van der Waals surface area contributed by atoms with Crippen LogP contribution in [0.25, 0.3) is 22.3 Å². The molecule has 0 aromatic heterocycles. The van der Waals surface area contributed by atoms with Crippen LogP contribution in [-0.2, 0) is 5.41 Å². The van der Waals surface area contributed by atoms with Gasteiger partial charge >= 0.3 is 0 Å². The Bertz CT molecular complexity index is 819. The Morgan fingerprint density at radius 3 is 1.91 bits per heavy atom. The third kappa shape index (κ3) is 3.37. The maximum Gasteiger partial charge on any atom is -0.0126 e. The van der Waals surface area contributed by atoms with Crippen molar-refractivity contribution in [1.29, 1.82) is 0 Å². The Hall–Kier alpha value is -2.34. The Morgan fingerprint density at radius 1 is 0.609 bits per heavy atom. The standard InChI is InChI=1S/C23H24/c1-17-9-7-10-18(15-17)19-11-8-12-20(16-19)21-13-5-6-14-22(21)23(2,3)4/h5-16H,1-4H3. The van der Waals surface area contributed by atoms with Gasteiger partial charge in [0.15, 0.2) is 0 Å². The van der Waals surface area contributed by atoms with Crippen molar-refractivity contribution in [3.63, 3.8) is 0 Å². The van der Waals surface area contributed by atoms with Gasteiger partial charge in [-0.05, 0) is 46.2 Å². The van der Waals surface area contributed by atoms with Crippen LogP contribution < -0.4 is 0 Å². The van der Waals surface area contributed by atoms with Crippen LogP contribution in [0.4, 0.5) is 0 Å². The first-order chi connectivity index (χ1) is 10.9. The zero-order valence-corrected chi connectivity index (χ0v) is 14.4. The highest BCUT2D eigenvalue weighted by Crippen LogP contribution is 2.34. The average Bonchev–Trinajstić information content (AvgIpc) is 2.54. The van der Waals surface area contributed by atoms with Crippen molar-refractivity contribution in [2.45, 2.75) is 33.1 Å². The summed E-state index contributed by atoms with van der Waals surface area (Å²) < 4.78 is 0. The molecule has 0 saturated heterocycles. The van der Waals surface area contributed by atoms with Gasteiger partial charge in [-0.15, -0.1) is 0 Å². The molecule has 0 fully saturated rings. The van der Waals surface area contributed by atoms with E-state index in [9.17, 15) is 0 Å². The fraction of sp³-hybridized carbons (Fsp3) is 0.217. The maximum absolute atomic E-state index is 2.30. The Kier molecular flexibility index (Phi) is 4.09. The average molecular weight is 300 g/mol. The van der Waals surface area contributed by atoms with Crippen molar-refractivity contribution < 1.29 is 0 Å². The van der Waals surface area contributed by atoms with Crippen LogP contribution >= 0.6 is 0 Å². The first-order valence-electron chi connectivity index (χ1n) is 8.22. The summed E-state index contributed by atoms with van der Waals surface area (Å²) in [4.78, 5) is 0. The minimum atomic E-state index is 0.135. The van der Waals surface area contributed by atoms with Crippen molar-refractivity contribution in [2.24, 2.45) is 0 Å². The Morgan fingerprint density at radius 2 is 1.22 bits per heavy atom. The van der Waals surface area contributed by atoms with E-state index in [4.69, 9.17) is 0 Å². The molecule has 3 aromatic rings. The summed E-state index contributed by atoms with van der Waals surface area (Å²) in [7, 11) is 0. The topological polar surface area (TPSA) is 0 Å². The lowest BCUT2D eigenvalue weighted by Crippen LogP contribution is -2.12. The van der Waals surface area contributed by atoms with Crippen LogP contribution in [-0.4, -0.2) is 0 Å². The second kappa shape index (κ2) is 6.04. The van der Waals surface area contributed by atoms with E-state index in [-0.39, 0.29) is 5.41 Å². The van der Waals surface area contributed by atoms with Crippen molar-refractivity contribution in [3.8, 4) is 22.3 Å². The number of hydrogen-bond acceptors (Lipinski definition) is 0. The number of rotatable bonds is 2. The first kappa shape index (κ1) is 15.6. The lowest BCUT2D eigenvalue weighted by Gasteiger charge is -2.23. The van der Waals surface area contributed by atoms with Crippen LogP contribution in [0.2, 0.25) is 0 Å². The van der Waals surface area contributed by atoms with E-state index in [1.54, 1.807) is 0 Å². The molecule has 3 rings (SSSR count). The fourth-order valence-corrected chi connectivity index (χ4v) is 3.08. The highest BCUT2D eigenvalue weighted by molar-refractivity contribution is 5.75. The van der Waals surface area contributed by atoms with Crippen LogP contribution in [0.5, 0.6) is 0 Å². The number of hydrogen-bond donors (Lipinski definition) is 0. The van der Waals surface area contributed by atoms with E-state index in [1.165, 1.54) is 33.4 Å². The van der Waals surface area contributed by atoms with Crippen LogP contribution in [0.3, 0.4) is 0 Å². The Balaban J connectivity index is 2.12. The smallest absolute Gasteiger partial charge is 0.0126 e. The van der Waals surface area contributed by atoms with Crippen LogP contribution in [0.15, 0.2) is 72.8 Å². The van der Waals surface area contributed by atoms with Gasteiger partial charge < -0.3 is 0 Å². The maximum atomic E-state index is 2.30. The molecule has 0 nitrogen and oxygen atoms in total. The van der Waals surface area contributed by atoms with Gasteiger partial charge in [0.05, 0.1) is 0 Å². The monoisotopic (exact) mass is 300 g/mol. The molecular formula is C23H24. The first-order valence-corrected chi connectivity index (χ1v) is 8.22. The highest BCUT2D eigenvalue weighted by atomic mass is 14.2. The largest absolute Gasteiger partial charge is 0.0619 e. The van der Waals surface area contributed by atoms with Gasteiger partial charge in [0.2, 0.25) is 0 Å². The summed E-state index contributed by atoms with van der Waals surface area (Å²) in [6.45, 7) is 8.96. The van der Waals surface area contributed by atoms with Crippen LogP contribution in [0.1, 0.15) is 31.9 Å². The molecule has 0 atom stereocenters. The van der Waals surface area contributed by atoms with Crippen molar-refractivity contribution in [1.82, 2.24) is 0 Å². The van der Waals surface area contributed by atoms with Gasteiger partial charge in [-0.3, -0.25) is 0 Å². The molecule has 0 radical (unpaired) electrons. The van der Waals surface area contributed by atoms with Gasteiger partial charge in [-0.1, -0.05) is 93.1 Å². The van der Waals surface area contributed by atoms with E-state index >= 15 is 0 Å². The second-order valence-electron chi connectivity index (χ2n) is 7.25. The zero-order chi connectivity index (χ0) is 16.4. The van der Waals surface area contributed by atoms with Gasteiger partial charge in [-0.2, -0.15) is 0 Å². The summed E-state index contributed by atoms with van der Waals surface area (Å²) >= 11 is 0. The molecule has 0 unspecified atom stereocenters. The van der Waals surface area contributed by atoms with Gasteiger partial charge in [0.25, 0.3) is 0 Å². The van der Waals surface area contributed by atoms with Crippen molar-refractivity contribution >= 4 is 0 Å². The SMILES string of the molecule is Cc1cccc(-c2cccc(-c3ccccc3C(C)(C)C)c2)c1. The van der Waals surface area contributed by atoms with Gasteiger partial charge in [0.1, 0.15) is 0 Å². The minimum Gasteiger partial charge on any atom is -0.0619 e. The lowest BCUT2D eigenvalue weighted by atomic mass is 9.81. The number of aryl methyl sites for hydroxylation is 1. The molecule has 0 N–H and O–H groups in total. The Labute approximate surface area is 139 Å². The normalized spacial score (nSPS) is 11.5. The minimum absolute atomic E-state index is 0.135. The quantitative estimate of drug-likeness (QED) is 0.498. The molecule has 0 bridgehead atoms. The van der Waals surface area contributed by atoms with E-state index in [2.05, 4.69) is 100 Å². The molecule has 0 spiro atoms. The molecule has 0 aliphatic heterocycles.